The minimum absolute atomic E-state index is 0.0947. The number of aliphatic hydroxyl groups excluding tert-OH is 1. The van der Waals surface area contributed by atoms with Crippen LogP contribution in [0.3, 0.4) is 0 Å². The van der Waals surface area contributed by atoms with Crippen LogP contribution < -0.4 is 5.32 Å². The van der Waals surface area contributed by atoms with E-state index in [0.717, 1.165) is 5.56 Å². The van der Waals surface area contributed by atoms with Gasteiger partial charge < -0.3 is 15.2 Å². The number of nitrogens with one attached hydrogen (secondary N) is 1. The lowest BCUT2D eigenvalue weighted by Gasteiger charge is -2.07. The number of rotatable bonds is 6. The smallest absolute Gasteiger partial charge is 0.261 e. The highest BCUT2D eigenvalue weighted by atomic mass is 32.1. The Kier molecular flexibility index (Phi) is 5.45. The Bertz CT molecular complexity index is 336. The number of ether oxygens (including phenoxy) is 1. The van der Waals surface area contributed by atoms with Crippen LogP contribution in [-0.2, 0) is 11.3 Å². The summed E-state index contributed by atoms with van der Waals surface area (Å²) in [5.74, 6) is -0.0947. The van der Waals surface area contributed by atoms with Crippen LogP contribution in [0.2, 0.25) is 0 Å². The first-order valence-corrected chi connectivity index (χ1v) is 6.04. The molecule has 0 fully saturated rings. The lowest BCUT2D eigenvalue weighted by Crippen LogP contribution is -2.26. The van der Waals surface area contributed by atoms with Gasteiger partial charge >= 0.3 is 0 Å². The molecule has 16 heavy (non-hydrogen) atoms. The van der Waals surface area contributed by atoms with Crippen LogP contribution in [0.4, 0.5) is 0 Å². The zero-order valence-electron chi connectivity index (χ0n) is 9.53. The summed E-state index contributed by atoms with van der Waals surface area (Å²) < 4.78 is 5.01. The van der Waals surface area contributed by atoms with Gasteiger partial charge in [0.1, 0.15) is 0 Å². The summed E-state index contributed by atoms with van der Waals surface area (Å²) in [6.45, 7) is 2.64. The molecule has 0 aliphatic rings. The second kappa shape index (κ2) is 6.62. The van der Waals surface area contributed by atoms with E-state index in [2.05, 4.69) is 5.32 Å². The zero-order valence-corrected chi connectivity index (χ0v) is 10.3. The molecule has 1 heterocycles. The van der Waals surface area contributed by atoms with Crippen LogP contribution in [0.25, 0.3) is 0 Å². The molecule has 1 amide bonds. The van der Waals surface area contributed by atoms with E-state index in [1.165, 1.54) is 11.3 Å². The number of carbonyl (C=O) groups excluding carboxylic acids is 1. The van der Waals surface area contributed by atoms with Crippen molar-refractivity contribution in [2.75, 3.05) is 13.7 Å². The SMILES string of the molecule is COCc1ccsc1C(=O)NCCC(C)O. The molecule has 0 bridgehead atoms. The Labute approximate surface area is 99.2 Å². The Hall–Kier alpha value is -0.910. The number of thiophene rings is 1. The van der Waals surface area contributed by atoms with Crippen LogP contribution in [0.5, 0.6) is 0 Å². The molecule has 1 aromatic rings. The van der Waals surface area contributed by atoms with Crippen molar-refractivity contribution < 1.29 is 14.6 Å². The fourth-order valence-corrected chi connectivity index (χ4v) is 2.10. The van der Waals surface area contributed by atoms with E-state index in [9.17, 15) is 4.79 Å². The molecule has 0 saturated carbocycles. The summed E-state index contributed by atoms with van der Waals surface area (Å²) in [7, 11) is 1.60. The molecule has 0 aliphatic heterocycles. The lowest BCUT2D eigenvalue weighted by atomic mass is 10.2. The lowest BCUT2D eigenvalue weighted by molar-refractivity contribution is 0.0945. The van der Waals surface area contributed by atoms with Gasteiger partial charge in [-0.25, -0.2) is 0 Å². The van der Waals surface area contributed by atoms with Gasteiger partial charge in [0.15, 0.2) is 0 Å². The van der Waals surface area contributed by atoms with Gasteiger partial charge in [0.25, 0.3) is 5.91 Å². The third-order valence-electron chi connectivity index (χ3n) is 2.10. The summed E-state index contributed by atoms with van der Waals surface area (Å²) in [5.41, 5.74) is 0.905. The van der Waals surface area contributed by atoms with Crippen LogP contribution in [0.1, 0.15) is 28.6 Å². The summed E-state index contributed by atoms with van der Waals surface area (Å²) in [5, 5.41) is 13.7. The molecule has 1 rings (SSSR count). The Morgan fingerprint density at radius 2 is 2.44 bits per heavy atom. The van der Waals surface area contributed by atoms with Crippen molar-refractivity contribution in [1.29, 1.82) is 0 Å². The molecule has 1 atom stereocenters. The van der Waals surface area contributed by atoms with E-state index >= 15 is 0 Å². The molecule has 4 nitrogen and oxygen atoms in total. The molecule has 5 heteroatoms. The Balaban J connectivity index is 2.49. The maximum absolute atomic E-state index is 11.7. The number of carbonyl (C=O) groups is 1. The van der Waals surface area contributed by atoms with E-state index < -0.39 is 0 Å². The van der Waals surface area contributed by atoms with E-state index in [1.807, 2.05) is 11.4 Å². The topological polar surface area (TPSA) is 58.6 Å². The number of hydrogen-bond donors (Lipinski definition) is 2. The molecule has 0 spiro atoms. The van der Waals surface area contributed by atoms with Gasteiger partial charge in [-0.1, -0.05) is 0 Å². The van der Waals surface area contributed by atoms with Gasteiger partial charge in [-0.05, 0) is 24.8 Å². The highest BCUT2D eigenvalue weighted by Crippen LogP contribution is 2.17. The third-order valence-corrected chi connectivity index (χ3v) is 3.06. The van der Waals surface area contributed by atoms with Crippen LogP contribution in [0, 0.1) is 0 Å². The second-order valence-corrected chi connectivity index (χ2v) is 4.52. The van der Waals surface area contributed by atoms with Crippen molar-refractivity contribution in [1.82, 2.24) is 5.32 Å². The summed E-state index contributed by atoms with van der Waals surface area (Å²) in [6, 6.07) is 1.89. The van der Waals surface area contributed by atoms with Gasteiger partial charge in [0.05, 0.1) is 17.6 Å². The van der Waals surface area contributed by atoms with Crippen molar-refractivity contribution in [2.45, 2.75) is 26.1 Å². The fourth-order valence-electron chi connectivity index (χ4n) is 1.28. The molecule has 1 aromatic heterocycles. The van der Waals surface area contributed by atoms with Gasteiger partial charge in [-0.15, -0.1) is 11.3 Å². The maximum atomic E-state index is 11.7. The molecule has 2 N–H and O–H groups in total. The van der Waals surface area contributed by atoms with Crippen molar-refractivity contribution >= 4 is 17.2 Å². The van der Waals surface area contributed by atoms with Gasteiger partial charge in [0, 0.05) is 19.2 Å². The minimum Gasteiger partial charge on any atom is -0.393 e. The van der Waals surface area contributed by atoms with Crippen LogP contribution in [-0.4, -0.2) is 30.8 Å². The predicted molar refractivity (Wildman–Crippen MR) is 63.7 cm³/mol. The largest absolute Gasteiger partial charge is 0.393 e. The van der Waals surface area contributed by atoms with Crippen LogP contribution in [0.15, 0.2) is 11.4 Å². The van der Waals surface area contributed by atoms with Crippen molar-refractivity contribution in [3.63, 3.8) is 0 Å². The Morgan fingerprint density at radius 3 is 3.06 bits per heavy atom. The van der Waals surface area contributed by atoms with Crippen molar-refractivity contribution in [3.05, 3.63) is 21.9 Å². The van der Waals surface area contributed by atoms with Gasteiger partial charge in [0.2, 0.25) is 0 Å². The highest BCUT2D eigenvalue weighted by Gasteiger charge is 2.12. The molecular formula is C11H17NO3S. The fraction of sp³-hybridized carbons (Fsp3) is 0.545. The quantitative estimate of drug-likeness (QED) is 0.794. The van der Waals surface area contributed by atoms with E-state index in [1.54, 1.807) is 14.0 Å². The van der Waals surface area contributed by atoms with Crippen molar-refractivity contribution in [3.8, 4) is 0 Å². The first kappa shape index (κ1) is 13.2. The summed E-state index contributed by atoms with van der Waals surface area (Å²) in [6.07, 6.45) is 0.179. The molecule has 0 aliphatic carbocycles. The standard InChI is InChI=1S/C11H17NO3S/c1-8(13)3-5-12-11(14)10-9(7-15-2)4-6-16-10/h4,6,8,13H,3,5,7H2,1-2H3,(H,12,14). The first-order valence-electron chi connectivity index (χ1n) is 5.16. The molecule has 0 saturated heterocycles. The number of aliphatic hydroxyl groups is 1. The molecular weight excluding hydrogens is 226 g/mol. The number of hydrogen-bond acceptors (Lipinski definition) is 4. The molecule has 0 radical (unpaired) electrons. The predicted octanol–water partition coefficient (Wildman–Crippen LogP) is 1.40. The maximum Gasteiger partial charge on any atom is 0.261 e. The molecule has 0 aromatic carbocycles. The average molecular weight is 243 g/mol. The Morgan fingerprint density at radius 1 is 1.69 bits per heavy atom. The first-order chi connectivity index (χ1) is 7.65. The monoisotopic (exact) mass is 243 g/mol. The third kappa shape index (κ3) is 3.92. The van der Waals surface area contributed by atoms with E-state index in [-0.39, 0.29) is 12.0 Å². The molecule has 90 valence electrons. The highest BCUT2D eigenvalue weighted by molar-refractivity contribution is 7.12. The van der Waals surface area contributed by atoms with E-state index in [4.69, 9.17) is 9.84 Å². The minimum atomic E-state index is -0.387. The van der Waals surface area contributed by atoms with Gasteiger partial charge in [-0.3, -0.25) is 4.79 Å². The van der Waals surface area contributed by atoms with Crippen molar-refractivity contribution in [2.24, 2.45) is 0 Å². The molecule has 1 unspecified atom stereocenters. The summed E-state index contributed by atoms with van der Waals surface area (Å²) in [4.78, 5) is 12.4. The second-order valence-electron chi connectivity index (χ2n) is 3.60. The summed E-state index contributed by atoms with van der Waals surface area (Å²) >= 11 is 1.40. The van der Waals surface area contributed by atoms with Gasteiger partial charge in [-0.2, -0.15) is 0 Å². The number of methoxy groups -OCH3 is 1. The zero-order chi connectivity index (χ0) is 12.0. The number of amides is 1. The van der Waals surface area contributed by atoms with Crippen LogP contribution >= 0.6 is 11.3 Å². The van der Waals surface area contributed by atoms with E-state index in [0.29, 0.717) is 24.4 Å². The average Bonchev–Trinajstić information content (AvgIpc) is 2.66. The normalized spacial score (nSPS) is 12.4.